The van der Waals surface area contributed by atoms with E-state index >= 15 is 0 Å². The summed E-state index contributed by atoms with van der Waals surface area (Å²) in [7, 11) is 0. The van der Waals surface area contributed by atoms with Crippen LogP contribution in [0.4, 0.5) is 4.79 Å². The normalized spacial score (nSPS) is 27.7. The molecular formula is C14H26O4. The minimum absolute atomic E-state index is 0.0221. The number of rotatable bonds is 4. The predicted molar refractivity (Wildman–Crippen MR) is 69.3 cm³/mol. The van der Waals surface area contributed by atoms with E-state index in [0.717, 1.165) is 19.3 Å². The molecule has 0 aromatic rings. The first kappa shape index (κ1) is 15.3. The van der Waals surface area contributed by atoms with E-state index in [-0.39, 0.29) is 18.6 Å². The third-order valence-electron chi connectivity index (χ3n) is 3.88. The quantitative estimate of drug-likeness (QED) is 0.787. The smallest absolute Gasteiger partial charge is 0.431 e. The molecule has 1 saturated carbocycles. The fourth-order valence-electron chi connectivity index (χ4n) is 2.03. The lowest BCUT2D eigenvalue weighted by Gasteiger charge is -2.28. The molecule has 106 valence electrons. The molecule has 4 nitrogen and oxygen atoms in total. The topological polar surface area (TPSA) is 55.8 Å². The molecule has 1 aliphatic carbocycles. The average Bonchev–Trinajstić information content (AvgIpc) is 2.26. The number of ether oxygens (including phenoxy) is 2. The van der Waals surface area contributed by atoms with Gasteiger partial charge in [-0.25, -0.2) is 4.79 Å². The Morgan fingerprint density at radius 3 is 2.67 bits per heavy atom. The molecule has 1 aliphatic rings. The van der Waals surface area contributed by atoms with E-state index in [4.69, 9.17) is 9.47 Å². The Labute approximate surface area is 110 Å². The van der Waals surface area contributed by atoms with E-state index in [2.05, 4.69) is 6.92 Å². The van der Waals surface area contributed by atoms with Gasteiger partial charge in [-0.1, -0.05) is 27.2 Å². The van der Waals surface area contributed by atoms with Gasteiger partial charge in [0.1, 0.15) is 12.7 Å². The van der Waals surface area contributed by atoms with Crippen molar-refractivity contribution in [3.8, 4) is 0 Å². The van der Waals surface area contributed by atoms with Crippen molar-refractivity contribution < 1.29 is 19.4 Å². The monoisotopic (exact) mass is 258 g/mol. The highest BCUT2D eigenvalue weighted by atomic mass is 16.7. The van der Waals surface area contributed by atoms with Crippen molar-refractivity contribution in [2.45, 2.75) is 65.1 Å². The molecule has 18 heavy (non-hydrogen) atoms. The van der Waals surface area contributed by atoms with Gasteiger partial charge in [0.25, 0.3) is 0 Å². The summed E-state index contributed by atoms with van der Waals surface area (Å²) in [4.78, 5) is 11.5. The molecule has 0 heterocycles. The second kappa shape index (κ2) is 6.41. The molecule has 1 fully saturated rings. The van der Waals surface area contributed by atoms with Gasteiger partial charge in [-0.3, -0.25) is 0 Å². The molecule has 0 spiro atoms. The van der Waals surface area contributed by atoms with Crippen molar-refractivity contribution in [1.82, 2.24) is 0 Å². The van der Waals surface area contributed by atoms with Crippen molar-refractivity contribution in [1.29, 1.82) is 0 Å². The van der Waals surface area contributed by atoms with Gasteiger partial charge < -0.3 is 14.6 Å². The Morgan fingerprint density at radius 2 is 2.11 bits per heavy atom. The molecule has 0 aliphatic heterocycles. The van der Waals surface area contributed by atoms with E-state index in [1.807, 2.05) is 13.8 Å². The van der Waals surface area contributed by atoms with E-state index in [1.165, 1.54) is 6.42 Å². The molecule has 3 unspecified atom stereocenters. The summed E-state index contributed by atoms with van der Waals surface area (Å²) in [5, 5.41) is 9.96. The molecule has 4 heteroatoms. The zero-order valence-electron chi connectivity index (χ0n) is 11.9. The summed E-state index contributed by atoms with van der Waals surface area (Å²) in [5.74, 6) is 0.635. The van der Waals surface area contributed by atoms with Gasteiger partial charge in [0.05, 0.1) is 5.60 Å². The van der Waals surface area contributed by atoms with Crippen molar-refractivity contribution in [3.63, 3.8) is 0 Å². The van der Waals surface area contributed by atoms with Crippen molar-refractivity contribution in [2.75, 3.05) is 6.61 Å². The van der Waals surface area contributed by atoms with Gasteiger partial charge in [0.15, 0.2) is 0 Å². The molecule has 0 saturated heterocycles. The number of carbonyl (C=O) groups excluding carboxylic acids is 1. The summed E-state index contributed by atoms with van der Waals surface area (Å²) in [5.41, 5.74) is -1.00. The Morgan fingerprint density at radius 1 is 1.44 bits per heavy atom. The first-order chi connectivity index (χ1) is 8.31. The van der Waals surface area contributed by atoms with Gasteiger partial charge in [-0.2, -0.15) is 0 Å². The SMILES string of the molecule is CC1CCCC(OC(=O)OCC(C)(O)C(C)C)C1. The number of carbonyl (C=O) groups is 1. The largest absolute Gasteiger partial charge is 0.508 e. The van der Waals surface area contributed by atoms with E-state index < -0.39 is 11.8 Å². The fourth-order valence-corrected chi connectivity index (χ4v) is 2.03. The highest BCUT2D eigenvalue weighted by Crippen LogP contribution is 2.26. The zero-order chi connectivity index (χ0) is 13.8. The lowest BCUT2D eigenvalue weighted by atomic mass is 9.89. The highest BCUT2D eigenvalue weighted by Gasteiger charge is 2.28. The van der Waals surface area contributed by atoms with Gasteiger partial charge in [0, 0.05) is 0 Å². The van der Waals surface area contributed by atoms with Crippen LogP contribution in [-0.2, 0) is 9.47 Å². The van der Waals surface area contributed by atoms with Crippen LogP contribution in [0, 0.1) is 11.8 Å². The van der Waals surface area contributed by atoms with Crippen molar-refractivity contribution >= 4 is 6.16 Å². The maximum atomic E-state index is 11.5. The van der Waals surface area contributed by atoms with Gasteiger partial charge in [-0.05, 0) is 38.0 Å². The Kier molecular flexibility index (Phi) is 5.45. The van der Waals surface area contributed by atoms with Crippen LogP contribution >= 0.6 is 0 Å². The molecule has 0 radical (unpaired) electrons. The van der Waals surface area contributed by atoms with E-state index in [0.29, 0.717) is 5.92 Å². The maximum absolute atomic E-state index is 11.5. The van der Waals surface area contributed by atoms with Crippen molar-refractivity contribution in [3.05, 3.63) is 0 Å². The lowest BCUT2D eigenvalue weighted by Crippen LogP contribution is -2.38. The first-order valence-corrected chi connectivity index (χ1v) is 6.87. The van der Waals surface area contributed by atoms with Crippen molar-refractivity contribution in [2.24, 2.45) is 11.8 Å². The van der Waals surface area contributed by atoms with Crippen LogP contribution in [0.1, 0.15) is 53.4 Å². The second-order valence-electron chi connectivity index (χ2n) is 6.06. The van der Waals surface area contributed by atoms with Gasteiger partial charge in [0.2, 0.25) is 0 Å². The van der Waals surface area contributed by atoms with Crippen LogP contribution in [0.3, 0.4) is 0 Å². The molecular weight excluding hydrogens is 232 g/mol. The standard InChI is InChI=1S/C14H26O4/c1-10(2)14(4,16)9-17-13(15)18-12-7-5-6-11(3)8-12/h10-12,16H,5-9H2,1-4H3. The van der Waals surface area contributed by atoms with Crippen LogP contribution < -0.4 is 0 Å². The van der Waals surface area contributed by atoms with E-state index in [9.17, 15) is 9.90 Å². The fraction of sp³-hybridized carbons (Fsp3) is 0.929. The first-order valence-electron chi connectivity index (χ1n) is 6.87. The minimum atomic E-state index is -1.00. The third-order valence-corrected chi connectivity index (χ3v) is 3.88. The molecule has 1 rings (SSSR count). The zero-order valence-corrected chi connectivity index (χ0v) is 11.9. The number of hydrogen-bond donors (Lipinski definition) is 1. The predicted octanol–water partition coefficient (Wildman–Crippen LogP) is 3.13. The summed E-state index contributed by atoms with van der Waals surface area (Å²) in [6, 6.07) is 0. The second-order valence-corrected chi connectivity index (χ2v) is 6.06. The number of hydrogen-bond acceptors (Lipinski definition) is 4. The third kappa shape index (κ3) is 4.84. The maximum Gasteiger partial charge on any atom is 0.508 e. The average molecular weight is 258 g/mol. The summed E-state index contributed by atoms with van der Waals surface area (Å²) >= 11 is 0. The Balaban J connectivity index is 2.29. The lowest BCUT2D eigenvalue weighted by molar-refractivity contribution is -0.0667. The molecule has 0 aromatic heterocycles. The Hall–Kier alpha value is -0.770. The highest BCUT2D eigenvalue weighted by molar-refractivity contribution is 5.60. The molecule has 0 bridgehead atoms. The van der Waals surface area contributed by atoms with Gasteiger partial charge in [-0.15, -0.1) is 0 Å². The summed E-state index contributed by atoms with van der Waals surface area (Å²) in [6.07, 6.45) is 3.45. The molecule has 1 N–H and O–H groups in total. The van der Waals surface area contributed by atoms with Crippen LogP contribution in [0.25, 0.3) is 0 Å². The molecule has 3 atom stereocenters. The summed E-state index contributed by atoms with van der Waals surface area (Å²) < 4.78 is 10.3. The number of aliphatic hydroxyl groups is 1. The minimum Gasteiger partial charge on any atom is -0.431 e. The van der Waals surface area contributed by atoms with Gasteiger partial charge >= 0.3 is 6.16 Å². The van der Waals surface area contributed by atoms with Crippen LogP contribution in [0.5, 0.6) is 0 Å². The molecule has 0 aromatic carbocycles. The molecule has 0 amide bonds. The Bertz CT molecular complexity index is 273. The van der Waals surface area contributed by atoms with E-state index in [1.54, 1.807) is 6.92 Å². The van der Waals surface area contributed by atoms with Crippen LogP contribution in [-0.4, -0.2) is 29.6 Å². The summed E-state index contributed by atoms with van der Waals surface area (Å²) in [6.45, 7) is 7.58. The van der Waals surface area contributed by atoms with Crippen LogP contribution in [0.15, 0.2) is 0 Å². The van der Waals surface area contributed by atoms with Crippen LogP contribution in [0.2, 0.25) is 0 Å².